The summed E-state index contributed by atoms with van der Waals surface area (Å²) < 4.78 is 52.2. The van der Waals surface area contributed by atoms with Crippen molar-refractivity contribution in [2.75, 3.05) is 19.3 Å². The van der Waals surface area contributed by atoms with Gasteiger partial charge in [-0.1, -0.05) is 5.21 Å². The summed E-state index contributed by atoms with van der Waals surface area (Å²) in [6.07, 6.45) is 5.41. The minimum atomic E-state index is -3.17. The van der Waals surface area contributed by atoms with Gasteiger partial charge in [-0.2, -0.15) is 0 Å². The van der Waals surface area contributed by atoms with Crippen LogP contribution in [-0.4, -0.2) is 65.4 Å². The topological polar surface area (TPSA) is 86.6 Å². The highest BCUT2D eigenvalue weighted by Crippen LogP contribution is 2.39. The summed E-state index contributed by atoms with van der Waals surface area (Å²) in [5.41, 5.74) is -1.43. The van der Waals surface area contributed by atoms with Crippen LogP contribution in [-0.2, 0) is 19.3 Å². The summed E-state index contributed by atoms with van der Waals surface area (Å²) in [5.74, 6) is 0. The first kappa shape index (κ1) is 20.4. The predicted molar refractivity (Wildman–Crippen MR) is 99.9 cm³/mol. The van der Waals surface area contributed by atoms with Gasteiger partial charge in [0.05, 0.1) is 29.7 Å². The number of halogens is 1. The summed E-state index contributed by atoms with van der Waals surface area (Å²) in [5, 5.41) is 8.07. The van der Waals surface area contributed by atoms with E-state index in [2.05, 4.69) is 10.3 Å². The molecule has 0 atom stereocenters. The average Bonchev–Trinajstić information content (AvgIpc) is 3.09. The Morgan fingerprint density at radius 3 is 2.33 bits per heavy atom. The van der Waals surface area contributed by atoms with Gasteiger partial charge in [0.25, 0.3) is 0 Å². The third kappa shape index (κ3) is 4.26. The lowest BCUT2D eigenvalue weighted by Crippen LogP contribution is -2.41. The van der Waals surface area contributed by atoms with Crippen LogP contribution in [0.4, 0.5) is 4.39 Å². The van der Waals surface area contributed by atoms with Gasteiger partial charge in [0.1, 0.15) is 11.4 Å². The molecule has 0 N–H and O–H groups in total. The van der Waals surface area contributed by atoms with Crippen LogP contribution in [0.1, 0.15) is 52.3 Å². The van der Waals surface area contributed by atoms with Gasteiger partial charge in [-0.05, 0) is 46.6 Å². The minimum Gasteiger partial charge on any atom is -0.398 e. The Bertz CT molecular complexity index is 815. The van der Waals surface area contributed by atoms with E-state index in [0.29, 0.717) is 31.6 Å². The van der Waals surface area contributed by atoms with Crippen molar-refractivity contribution < 1.29 is 22.1 Å². The normalized spacial score (nSPS) is 24.5. The molecule has 2 saturated heterocycles. The predicted octanol–water partition coefficient (Wildman–Crippen LogP) is 1.82. The smallest absolute Gasteiger partial charge is 0.398 e. The monoisotopic (exact) mass is 400 g/mol. The van der Waals surface area contributed by atoms with Gasteiger partial charge in [0, 0.05) is 13.1 Å². The fourth-order valence-corrected chi connectivity index (χ4v) is 4.01. The van der Waals surface area contributed by atoms with Gasteiger partial charge < -0.3 is 9.31 Å². The summed E-state index contributed by atoms with van der Waals surface area (Å²) in [6.45, 7) is 8.32. The zero-order valence-corrected chi connectivity index (χ0v) is 17.2. The van der Waals surface area contributed by atoms with E-state index < -0.39 is 34.1 Å². The first-order valence-electron chi connectivity index (χ1n) is 8.99. The quantitative estimate of drug-likeness (QED) is 0.717. The fraction of sp³-hybridized carbons (Fsp3) is 0.750. The maximum Gasteiger partial charge on any atom is 0.525 e. The molecule has 0 spiro atoms. The van der Waals surface area contributed by atoms with Crippen molar-refractivity contribution >= 4 is 23.2 Å². The Labute approximate surface area is 159 Å². The van der Waals surface area contributed by atoms with Crippen LogP contribution in [0.3, 0.4) is 0 Å². The number of nitrogens with zero attached hydrogens (tertiary/aromatic N) is 4. The SMILES string of the molecule is CC1(C)OB(C(F)=Cc2cn(C3CCN(S(C)(=O)=O)CC3)nn2)OC1(C)C. The molecule has 0 amide bonds. The average molecular weight is 400 g/mol. The van der Waals surface area contributed by atoms with Gasteiger partial charge in [-0.15, -0.1) is 5.10 Å². The molecule has 3 heterocycles. The van der Waals surface area contributed by atoms with Crippen LogP contribution in [0.2, 0.25) is 0 Å². The van der Waals surface area contributed by atoms with Crippen molar-refractivity contribution in [3.8, 4) is 0 Å². The van der Waals surface area contributed by atoms with Gasteiger partial charge in [-0.25, -0.2) is 21.8 Å². The van der Waals surface area contributed by atoms with Crippen molar-refractivity contribution in [3.05, 3.63) is 17.6 Å². The molecule has 0 radical (unpaired) electrons. The standard InChI is InChI=1S/C16H26BFN4O4S/c1-15(2)16(3,4)26-17(25-15)14(18)10-12-11-22(20-19-12)13-6-8-21(9-7-13)27(5,23)24/h10-11,13H,6-9H2,1-5H3. The largest absolute Gasteiger partial charge is 0.525 e. The molecule has 0 bridgehead atoms. The lowest BCUT2D eigenvalue weighted by Gasteiger charge is -2.32. The Balaban J connectivity index is 1.66. The maximum atomic E-state index is 14.6. The van der Waals surface area contributed by atoms with E-state index in [1.165, 1.54) is 16.6 Å². The maximum absolute atomic E-state index is 14.6. The zero-order valence-electron chi connectivity index (χ0n) is 16.3. The van der Waals surface area contributed by atoms with Crippen molar-refractivity contribution in [2.24, 2.45) is 0 Å². The molecule has 2 aliphatic rings. The van der Waals surface area contributed by atoms with Gasteiger partial charge >= 0.3 is 7.12 Å². The van der Waals surface area contributed by atoms with E-state index in [0.717, 1.165) is 0 Å². The van der Waals surface area contributed by atoms with E-state index in [9.17, 15) is 12.8 Å². The summed E-state index contributed by atoms with van der Waals surface area (Å²) in [6, 6.07) is 0.0394. The van der Waals surface area contributed by atoms with Gasteiger partial charge in [0.2, 0.25) is 10.0 Å². The van der Waals surface area contributed by atoms with E-state index in [4.69, 9.17) is 9.31 Å². The minimum absolute atomic E-state index is 0.0394. The zero-order chi connectivity index (χ0) is 20.0. The third-order valence-corrected chi connectivity index (χ3v) is 6.86. The summed E-state index contributed by atoms with van der Waals surface area (Å²) in [7, 11) is -4.24. The van der Waals surface area contributed by atoms with Crippen molar-refractivity contribution in [1.82, 2.24) is 19.3 Å². The summed E-state index contributed by atoms with van der Waals surface area (Å²) >= 11 is 0. The molecule has 11 heteroatoms. The molecule has 3 rings (SSSR count). The molecule has 27 heavy (non-hydrogen) atoms. The van der Waals surface area contributed by atoms with E-state index in [1.807, 2.05) is 27.7 Å². The highest BCUT2D eigenvalue weighted by molar-refractivity contribution is 7.88. The highest BCUT2D eigenvalue weighted by atomic mass is 32.2. The van der Waals surface area contributed by atoms with Crippen molar-refractivity contribution in [3.63, 3.8) is 0 Å². The van der Waals surface area contributed by atoms with E-state index in [1.54, 1.807) is 10.9 Å². The van der Waals surface area contributed by atoms with Crippen LogP contribution >= 0.6 is 0 Å². The van der Waals surface area contributed by atoms with Gasteiger partial charge in [-0.3, -0.25) is 0 Å². The number of piperidine rings is 1. The second-order valence-corrected chi connectivity index (χ2v) is 10.1. The molecule has 1 aromatic heterocycles. The number of aromatic nitrogens is 3. The third-order valence-electron chi connectivity index (χ3n) is 5.56. The fourth-order valence-electron chi connectivity index (χ4n) is 3.14. The van der Waals surface area contributed by atoms with Crippen LogP contribution in [0.15, 0.2) is 11.9 Å². The molecular weight excluding hydrogens is 374 g/mol. The number of sulfonamides is 1. The molecule has 2 fully saturated rings. The van der Waals surface area contributed by atoms with Crippen molar-refractivity contribution in [2.45, 2.75) is 57.8 Å². The molecule has 0 unspecified atom stereocenters. The molecule has 150 valence electrons. The second-order valence-electron chi connectivity index (χ2n) is 8.13. The Hall–Kier alpha value is -1.30. The molecular formula is C16H26BFN4O4S. The highest BCUT2D eigenvalue weighted by Gasteiger charge is 2.53. The van der Waals surface area contributed by atoms with Crippen molar-refractivity contribution in [1.29, 1.82) is 0 Å². The molecule has 0 saturated carbocycles. The molecule has 8 nitrogen and oxygen atoms in total. The van der Waals surface area contributed by atoms with E-state index >= 15 is 0 Å². The first-order chi connectivity index (χ1) is 12.4. The van der Waals surface area contributed by atoms with Crippen LogP contribution in [0.25, 0.3) is 6.08 Å². The Morgan fingerprint density at radius 2 is 1.81 bits per heavy atom. The van der Waals surface area contributed by atoms with Crippen LogP contribution in [0, 0.1) is 0 Å². The number of rotatable bonds is 4. The first-order valence-corrected chi connectivity index (χ1v) is 10.8. The second kappa shape index (κ2) is 6.95. The molecule has 1 aromatic rings. The lowest BCUT2D eigenvalue weighted by molar-refractivity contribution is 0.00578. The lowest BCUT2D eigenvalue weighted by atomic mass is 9.87. The van der Waals surface area contributed by atoms with Crippen LogP contribution in [0.5, 0.6) is 0 Å². The number of hydrogen-bond acceptors (Lipinski definition) is 6. The number of hydrogen-bond donors (Lipinski definition) is 0. The molecule has 0 aromatic carbocycles. The molecule has 0 aliphatic carbocycles. The molecule has 2 aliphatic heterocycles. The Kier molecular flexibility index (Phi) is 5.26. The van der Waals surface area contributed by atoms with Gasteiger partial charge in [0.15, 0.2) is 0 Å². The Morgan fingerprint density at radius 1 is 1.26 bits per heavy atom. The summed E-state index contributed by atoms with van der Waals surface area (Å²) in [4.78, 5) is 0. The van der Waals surface area contributed by atoms with E-state index in [-0.39, 0.29) is 6.04 Å². The van der Waals surface area contributed by atoms with Crippen LogP contribution < -0.4 is 0 Å².